The van der Waals surface area contributed by atoms with Gasteiger partial charge in [-0.1, -0.05) is 24.3 Å². The normalized spacial score (nSPS) is 21.3. The number of methoxy groups -OCH3 is 1. The number of fused-ring (bicyclic) bond motifs is 1. The lowest BCUT2D eigenvalue weighted by Crippen LogP contribution is -2.59. The van der Waals surface area contributed by atoms with E-state index in [9.17, 15) is 4.79 Å². The maximum Gasteiger partial charge on any atom is 0.315 e. The number of rotatable bonds is 6. The first-order valence-corrected chi connectivity index (χ1v) is 12.1. The van der Waals surface area contributed by atoms with Gasteiger partial charge in [0.1, 0.15) is 0 Å². The summed E-state index contributed by atoms with van der Waals surface area (Å²) in [6.07, 6.45) is 4.93. The summed E-state index contributed by atoms with van der Waals surface area (Å²) in [7, 11) is 1.69. The van der Waals surface area contributed by atoms with Crippen LogP contribution in [0.5, 0.6) is 11.5 Å². The summed E-state index contributed by atoms with van der Waals surface area (Å²) in [5.74, 6) is 1.58. The Hall–Kier alpha value is -2.93. The summed E-state index contributed by atoms with van der Waals surface area (Å²) in [6, 6.07) is 14.4. The Bertz CT molecular complexity index is 966. The van der Waals surface area contributed by atoms with Crippen LogP contribution in [-0.2, 0) is 13.1 Å². The van der Waals surface area contributed by atoms with Gasteiger partial charge in [-0.2, -0.15) is 0 Å². The Morgan fingerprint density at radius 1 is 1.03 bits per heavy atom. The van der Waals surface area contributed by atoms with Gasteiger partial charge >= 0.3 is 6.03 Å². The van der Waals surface area contributed by atoms with Crippen molar-refractivity contribution in [2.45, 2.75) is 50.9 Å². The van der Waals surface area contributed by atoms with Crippen molar-refractivity contribution in [3.63, 3.8) is 0 Å². The van der Waals surface area contributed by atoms with E-state index in [4.69, 9.17) is 15.2 Å². The van der Waals surface area contributed by atoms with E-state index in [0.717, 1.165) is 62.8 Å². The molecule has 1 atom stereocenters. The number of anilines is 1. The highest BCUT2D eigenvalue weighted by molar-refractivity contribution is 5.73. The Morgan fingerprint density at radius 2 is 1.76 bits per heavy atom. The summed E-state index contributed by atoms with van der Waals surface area (Å²) < 4.78 is 11.9. The monoisotopic (exact) mass is 450 g/mol. The number of amides is 2. The summed E-state index contributed by atoms with van der Waals surface area (Å²) in [5, 5.41) is 0. The Balaban J connectivity index is 1.31. The number of carbonyl (C=O) groups is 1. The molecule has 176 valence electrons. The number of ether oxygens (including phenoxy) is 2. The minimum atomic E-state index is -0.337. The van der Waals surface area contributed by atoms with Crippen LogP contribution < -0.4 is 20.1 Å². The van der Waals surface area contributed by atoms with Crippen molar-refractivity contribution in [2.24, 2.45) is 5.73 Å². The summed E-state index contributed by atoms with van der Waals surface area (Å²) in [4.78, 5) is 18.8. The molecule has 7 heteroatoms. The molecule has 1 saturated carbocycles. The smallest absolute Gasteiger partial charge is 0.315 e. The van der Waals surface area contributed by atoms with Crippen molar-refractivity contribution in [3.8, 4) is 11.5 Å². The maximum atomic E-state index is 12.2. The van der Waals surface area contributed by atoms with Crippen molar-refractivity contribution >= 4 is 11.7 Å². The Kier molecular flexibility index (Phi) is 6.31. The fourth-order valence-electron chi connectivity index (χ4n) is 5.51. The number of primary amides is 1. The molecule has 2 amide bonds. The third kappa shape index (κ3) is 4.74. The van der Waals surface area contributed by atoms with Gasteiger partial charge in [0.15, 0.2) is 11.5 Å². The zero-order chi connectivity index (χ0) is 22.8. The third-order valence-electron chi connectivity index (χ3n) is 7.25. The van der Waals surface area contributed by atoms with Gasteiger partial charge in [-0.05, 0) is 48.9 Å². The highest BCUT2D eigenvalue weighted by Gasteiger charge is 2.33. The highest BCUT2D eigenvalue weighted by Crippen LogP contribution is 2.36. The van der Waals surface area contributed by atoms with E-state index in [2.05, 4.69) is 46.2 Å². The number of nitrogens with zero attached hydrogens (tertiary/aromatic N) is 3. The maximum absolute atomic E-state index is 12.2. The fourth-order valence-corrected chi connectivity index (χ4v) is 5.51. The van der Waals surface area contributed by atoms with E-state index in [0.29, 0.717) is 6.54 Å². The van der Waals surface area contributed by atoms with E-state index in [-0.39, 0.29) is 18.2 Å². The van der Waals surface area contributed by atoms with Crippen molar-refractivity contribution in [3.05, 3.63) is 53.6 Å². The number of nitrogens with two attached hydrogens (primary N) is 1. The van der Waals surface area contributed by atoms with Crippen LogP contribution in [0.1, 0.15) is 36.8 Å². The van der Waals surface area contributed by atoms with Gasteiger partial charge in [0, 0.05) is 51.0 Å². The average Bonchev–Trinajstić information content (AvgIpc) is 3.48. The molecule has 2 heterocycles. The lowest BCUT2D eigenvalue weighted by atomic mass is 10.1. The highest BCUT2D eigenvalue weighted by atomic mass is 16.5. The number of hydrogen-bond donors (Lipinski definition) is 1. The van der Waals surface area contributed by atoms with Crippen LogP contribution >= 0.6 is 0 Å². The zero-order valence-corrected chi connectivity index (χ0v) is 19.4. The van der Waals surface area contributed by atoms with E-state index in [1.54, 1.807) is 7.11 Å². The number of piperazine rings is 1. The molecule has 2 N–H and O–H groups in total. The number of urea groups is 1. The predicted octanol–water partition coefficient (Wildman–Crippen LogP) is 3.60. The standard InChI is InChI=1S/C26H34N4O3/c1-32-24-11-10-21(14-25(24)33-23-8-4-5-9-23)29-12-13-30(26(27)31)22(18-29)17-28-15-19-6-2-3-7-20(19)16-28/h2-3,6-7,10-11,14,22-23H,4-5,8-9,12-13,15-18H2,1H3,(H2,27,31)/t22-/m0/s1. The van der Waals surface area contributed by atoms with Crippen LogP contribution in [0.4, 0.5) is 10.5 Å². The number of hydrogen-bond acceptors (Lipinski definition) is 5. The molecule has 3 aliphatic rings. The van der Waals surface area contributed by atoms with Crippen molar-refractivity contribution in [2.75, 3.05) is 38.2 Å². The summed E-state index contributed by atoms with van der Waals surface area (Å²) in [5.41, 5.74) is 9.62. The molecule has 2 aliphatic heterocycles. The van der Waals surface area contributed by atoms with Crippen molar-refractivity contribution in [1.29, 1.82) is 0 Å². The van der Waals surface area contributed by atoms with Gasteiger partial charge in [0.05, 0.1) is 19.3 Å². The molecule has 0 unspecified atom stereocenters. The first kappa shape index (κ1) is 21.9. The van der Waals surface area contributed by atoms with E-state index in [1.165, 1.54) is 24.0 Å². The van der Waals surface area contributed by atoms with Crippen LogP contribution in [0.25, 0.3) is 0 Å². The van der Waals surface area contributed by atoms with Crippen molar-refractivity contribution < 1.29 is 14.3 Å². The van der Waals surface area contributed by atoms with Crippen LogP contribution in [0.3, 0.4) is 0 Å². The molecule has 0 bridgehead atoms. The molecule has 0 aromatic heterocycles. The lowest BCUT2D eigenvalue weighted by molar-refractivity contribution is 0.140. The molecular weight excluding hydrogens is 416 g/mol. The second kappa shape index (κ2) is 9.51. The van der Waals surface area contributed by atoms with Crippen LogP contribution in [0, 0.1) is 0 Å². The summed E-state index contributed by atoms with van der Waals surface area (Å²) >= 11 is 0. The Labute approximate surface area is 196 Å². The van der Waals surface area contributed by atoms with Gasteiger partial charge in [0.2, 0.25) is 0 Å². The third-order valence-corrected chi connectivity index (χ3v) is 7.25. The number of carbonyl (C=O) groups excluding carboxylic acids is 1. The zero-order valence-electron chi connectivity index (χ0n) is 19.4. The molecule has 1 saturated heterocycles. The predicted molar refractivity (Wildman–Crippen MR) is 129 cm³/mol. The van der Waals surface area contributed by atoms with Gasteiger partial charge in [0.25, 0.3) is 0 Å². The average molecular weight is 451 g/mol. The minimum Gasteiger partial charge on any atom is -0.493 e. The lowest BCUT2D eigenvalue weighted by Gasteiger charge is -2.43. The number of benzene rings is 2. The first-order chi connectivity index (χ1) is 16.1. The molecule has 33 heavy (non-hydrogen) atoms. The fraction of sp³-hybridized carbons (Fsp3) is 0.500. The molecule has 2 aromatic rings. The van der Waals surface area contributed by atoms with Gasteiger partial charge < -0.3 is 25.0 Å². The Morgan fingerprint density at radius 3 is 2.42 bits per heavy atom. The van der Waals surface area contributed by atoms with Crippen LogP contribution in [-0.4, -0.2) is 61.3 Å². The molecular formula is C26H34N4O3. The second-order valence-electron chi connectivity index (χ2n) is 9.43. The molecule has 2 aromatic carbocycles. The van der Waals surface area contributed by atoms with E-state index in [1.807, 2.05) is 11.0 Å². The van der Waals surface area contributed by atoms with Crippen LogP contribution in [0.2, 0.25) is 0 Å². The SMILES string of the molecule is COc1ccc(N2CCN(C(N)=O)[C@@H](CN3Cc4ccccc4C3)C2)cc1OC1CCCC1. The van der Waals surface area contributed by atoms with Gasteiger partial charge in [-0.15, -0.1) is 0 Å². The molecule has 0 radical (unpaired) electrons. The molecule has 1 aliphatic carbocycles. The second-order valence-corrected chi connectivity index (χ2v) is 9.43. The van der Waals surface area contributed by atoms with E-state index >= 15 is 0 Å². The van der Waals surface area contributed by atoms with E-state index < -0.39 is 0 Å². The quantitative estimate of drug-likeness (QED) is 0.728. The minimum absolute atomic E-state index is 0.0341. The van der Waals surface area contributed by atoms with Gasteiger partial charge in [-0.3, -0.25) is 4.90 Å². The molecule has 0 spiro atoms. The molecule has 2 fully saturated rings. The summed E-state index contributed by atoms with van der Waals surface area (Å²) in [6.45, 7) is 4.74. The topological polar surface area (TPSA) is 71.3 Å². The first-order valence-electron chi connectivity index (χ1n) is 12.1. The van der Waals surface area contributed by atoms with Gasteiger partial charge in [-0.25, -0.2) is 4.79 Å². The molecule has 7 nitrogen and oxygen atoms in total. The van der Waals surface area contributed by atoms with Crippen LogP contribution in [0.15, 0.2) is 42.5 Å². The molecule has 5 rings (SSSR count). The van der Waals surface area contributed by atoms with Crippen molar-refractivity contribution in [1.82, 2.24) is 9.80 Å². The largest absolute Gasteiger partial charge is 0.493 e.